The number of H-pyrrole nitrogens is 2. The molecule has 0 aliphatic heterocycles. The van der Waals surface area contributed by atoms with Crippen molar-refractivity contribution in [2.24, 2.45) is 0 Å². The Morgan fingerprint density at radius 2 is 1.90 bits per heavy atom. The Kier molecular flexibility index (Phi) is 4.84. The van der Waals surface area contributed by atoms with Crippen molar-refractivity contribution in [1.82, 2.24) is 20.2 Å². The maximum absolute atomic E-state index is 13.4. The SMILES string of the molecule is COC[C@@H](C(=O)c1cc2cc3c(-c4ccncc4)[nH][nH]c3cc2n1)c1cccc(C)c1. The highest BCUT2D eigenvalue weighted by Crippen LogP contribution is 2.31. The maximum atomic E-state index is 13.4. The first-order chi connectivity index (χ1) is 15.1. The average molecular weight is 410 g/mol. The van der Waals surface area contributed by atoms with Gasteiger partial charge in [-0.05, 0) is 42.8 Å². The zero-order valence-electron chi connectivity index (χ0n) is 17.3. The molecule has 31 heavy (non-hydrogen) atoms. The highest BCUT2D eigenvalue weighted by Gasteiger charge is 2.25. The standard InChI is InChI=1S/C25H22N4O2/c1-15-4-3-5-17(10-15)20(14-31-2)25(30)23-12-18-11-19-22(13-21(18)27-23)28-29-24(19)16-6-8-26-9-7-16/h3-13,20,28-29H,14H2,1-2H3/t20-/m1/s1. The summed E-state index contributed by atoms with van der Waals surface area (Å²) in [5.74, 6) is -0.423. The van der Waals surface area contributed by atoms with E-state index < -0.39 is 0 Å². The Labute approximate surface area is 179 Å². The molecular formula is C25H22N4O2. The quantitative estimate of drug-likeness (QED) is 0.385. The molecule has 5 aromatic rings. The maximum Gasteiger partial charge on any atom is 0.190 e. The number of hydrogen-bond donors (Lipinski definition) is 2. The molecule has 0 radical (unpaired) electrons. The third kappa shape index (κ3) is 3.51. The lowest BCUT2D eigenvalue weighted by Gasteiger charge is -2.14. The summed E-state index contributed by atoms with van der Waals surface area (Å²) < 4.78 is 5.37. The summed E-state index contributed by atoms with van der Waals surface area (Å²) in [4.78, 5) is 22.1. The van der Waals surface area contributed by atoms with Gasteiger partial charge in [-0.2, -0.15) is 0 Å². The molecule has 0 aliphatic rings. The number of ketones is 1. The van der Waals surface area contributed by atoms with Gasteiger partial charge >= 0.3 is 0 Å². The minimum absolute atomic E-state index is 0.0340. The van der Waals surface area contributed by atoms with Crippen LogP contribution in [0.2, 0.25) is 0 Å². The molecule has 154 valence electrons. The van der Waals surface area contributed by atoms with Crippen LogP contribution < -0.4 is 0 Å². The van der Waals surface area contributed by atoms with Crippen molar-refractivity contribution in [3.63, 3.8) is 0 Å². The summed E-state index contributed by atoms with van der Waals surface area (Å²) in [6.45, 7) is 2.33. The van der Waals surface area contributed by atoms with Gasteiger partial charge in [0.25, 0.3) is 0 Å². The first-order valence-corrected chi connectivity index (χ1v) is 10.1. The van der Waals surface area contributed by atoms with Gasteiger partial charge in [0.2, 0.25) is 0 Å². The van der Waals surface area contributed by atoms with Crippen molar-refractivity contribution < 1.29 is 9.53 Å². The van der Waals surface area contributed by atoms with Gasteiger partial charge in [-0.3, -0.25) is 14.9 Å². The second kappa shape index (κ2) is 7.81. The van der Waals surface area contributed by atoms with Crippen LogP contribution in [0.4, 0.5) is 0 Å². The fourth-order valence-electron chi connectivity index (χ4n) is 4.06. The predicted molar refractivity (Wildman–Crippen MR) is 121 cm³/mol. The number of rotatable bonds is 6. The average Bonchev–Trinajstić information content (AvgIpc) is 3.39. The molecule has 2 N–H and O–H groups in total. The molecular weight excluding hydrogens is 388 g/mol. The van der Waals surface area contributed by atoms with E-state index in [0.717, 1.165) is 44.2 Å². The first-order valence-electron chi connectivity index (χ1n) is 10.1. The van der Waals surface area contributed by atoms with E-state index in [1.165, 1.54) is 0 Å². The molecule has 2 aromatic carbocycles. The minimum atomic E-state index is -0.389. The van der Waals surface area contributed by atoms with Crippen LogP contribution in [0.15, 0.2) is 67.0 Å². The fraction of sp³-hybridized carbons (Fsp3) is 0.160. The molecule has 0 aliphatic carbocycles. The number of nitrogens with one attached hydrogen (secondary N) is 2. The third-order valence-electron chi connectivity index (χ3n) is 5.61. The zero-order valence-corrected chi connectivity index (χ0v) is 17.3. The molecule has 3 aromatic heterocycles. The topological polar surface area (TPSA) is 83.7 Å². The predicted octanol–water partition coefficient (Wildman–Crippen LogP) is 5.03. The van der Waals surface area contributed by atoms with Gasteiger partial charge < -0.3 is 9.84 Å². The minimum Gasteiger partial charge on any atom is -0.384 e. The van der Waals surface area contributed by atoms with E-state index in [1.807, 2.05) is 55.5 Å². The molecule has 0 spiro atoms. The number of aryl methyl sites for hydroxylation is 1. The van der Waals surface area contributed by atoms with Gasteiger partial charge in [0.15, 0.2) is 5.78 Å². The fourth-order valence-corrected chi connectivity index (χ4v) is 4.06. The van der Waals surface area contributed by atoms with E-state index in [1.54, 1.807) is 19.5 Å². The summed E-state index contributed by atoms with van der Waals surface area (Å²) in [5, 5.41) is 8.40. The van der Waals surface area contributed by atoms with Crippen LogP contribution in [0.1, 0.15) is 27.5 Å². The van der Waals surface area contributed by atoms with Crippen molar-refractivity contribution in [1.29, 1.82) is 0 Å². The molecule has 0 fully saturated rings. The summed E-state index contributed by atoms with van der Waals surface area (Å²) in [5.41, 5.74) is 6.25. The van der Waals surface area contributed by atoms with E-state index >= 15 is 0 Å². The van der Waals surface area contributed by atoms with Crippen LogP contribution in [0.25, 0.3) is 33.1 Å². The summed E-state index contributed by atoms with van der Waals surface area (Å²) >= 11 is 0. The Balaban J connectivity index is 1.56. The van der Waals surface area contributed by atoms with Gasteiger partial charge in [-0.15, -0.1) is 0 Å². The smallest absolute Gasteiger partial charge is 0.190 e. The normalized spacial score (nSPS) is 12.5. The number of carbonyl (C=O) groups is 1. The molecule has 3 heterocycles. The van der Waals surface area contributed by atoms with Crippen LogP contribution in [0, 0.1) is 6.92 Å². The van der Waals surface area contributed by atoms with Crippen molar-refractivity contribution >= 4 is 27.6 Å². The molecule has 5 rings (SSSR count). The van der Waals surface area contributed by atoms with Crippen molar-refractivity contribution in [2.75, 3.05) is 13.7 Å². The molecule has 0 unspecified atom stereocenters. The molecule has 1 atom stereocenters. The number of hydrogen-bond acceptors (Lipinski definition) is 4. The summed E-state index contributed by atoms with van der Waals surface area (Å²) in [6, 6.07) is 17.8. The molecule has 0 saturated heterocycles. The van der Waals surface area contributed by atoms with E-state index in [0.29, 0.717) is 12.3 Å². The lowest BCUT2D eigenvalue weighted by molar-refractivity contribution is 0.0884. The molecule has 0 saturated carbocycles. The number of Topliss-reactive ketones (excluding diaryl/α,β-unsaturated/α-hetero) is 1. The molecule has 6 heteroatoms. The van der Waals surface area contributed by atoms with Gasteiger partial charge in [0.05, 0.1) is 29.3 Å². The lowest BCUT2D eigenvalue weighted by atomic mass is 9.92. The Morgan fingerprint density at radius 1 is 1.06 bits per heavy atom. The summed E-state index contributed by atoms with van der Waals surface area (Å²) in [6.07, 6.45) is 3.53. The second-order valence-corrected chi connectivity index (χ2v) is 7.75. The highest BCUT2D eigenvalue weighted by atomic mass is 16.5. The molecule has 6 nitrogen and oxygen atoms in total. The van der Waals surface area contributed by atoms with Crippen molar-refractivity contribution in [2.45, 2.75) is 12.8 Å². The van der Waals surface area contributed by atoms with Crippen LogP contribution in [-0.4, -0.2) is 39.7 Å². The van der Waals surface area contributed by atoms with Gasteiger partial charge in [0, 0.05) is 35.8 Å². The van der Waals surface area contributed by atoms with Gasteiger partial charge in [0.1, 0.15) is 5.69 Å². The first kappa shape index (κ1) is 19.2. The van der Waals surface area contributed by atoms with Crippen molar-refractivity contribution in [3.05, 3.63) is 83.8 Å². The number of nitrogens with zero attached hydrogens (tertiary/aromatic N) is 2. The van der Waals surface area contributed by atoms with Gasteiger partial charge in [-0.25, -0.2) is 4.98 Å². The monoisotopic (exact) mass is 410 g/mol. The van der Waals surface area contributed by atoms with Crippen LogP contribution in [0.5, 0.6) is 0 Å². The highest BCUT2D eigenvalue weighted by molar-refractivity contribution is 6.07. The summed E-state index contributed by atoms with van der Waals surface area (Å²) in [7, 11) is 1.62. The van der Waals surface area contributed by atoms with Gasteiger partial charge in [-0.1, -0.05) is 29.8 Å². The number of aromatic nitrogens is 4. The van der Waals surface area contributed by atoms with E-state index in [4.69, 9.17) is 4.74 Å². The van der Waals surface area contributed by atoms with Crippen LogP contribution >= 0.6 is 0 Å². The zero-order chi connectivity index (χ0) is 21.4. The Morgan fingerprint density at radius 3 is 2.68 bits per heavy atom. The lowest BCUT2D eigenvalue weighted by Crippen LogP contribution is -2.18. The third-order valence-corrected chi connectivity index (χ3v) is 5.61. The number of fused-ring (bicyclic) bond motifs is 2. The van der Waals surface area contributed by atoms with Crippen molar-refractivity contribution in [3.8, 4) is 11.3 Å². The van der Waals surface area contributed by atoms with E-state index in [-0.39, 0.29) is 11.7 Å². The van der Waals surface area contributed by atoms with Crippen LogP contribution in [0.3, 0.4) is 0 Å². The Hall–Kier alpha value is -3.77. The number of aromatic amines is 2. The Bertz CT molecular complexity index is 1380. The molecule has 0 bridgehead atoms. The van der Waals surface area contributed by atoms with E-state index in [2.05, 4.69) is 26.2 Å². The van der Waals surface area contributed by atoms with E-state index in [9.17, 15) is 4.79 Å². The van der Waals surface area contributed by atoms with Crippen LogP contribution in [-0.2, 0) is 4.74 Å². The number of pyridine rings is 1. The number of benzene rings is 2. The molecule has 0 amide bonds. The number of ether oxygens (including phenoxy) is 1. The number of carbonyl (C=O) groups excluding carboxylic acids is 1. The number of methoxy groups -OCH3 is 1. The largest absolute Gasteiger partial charge is 0.384 e. The second-order valence-electron chi connectivity index (χ2n) is 7.75.